The molecule has 1 amide bonds. The highest BCUT2D eigenvalue weighted by molar-refractivity contribution is 5.93. The van der Waals surface area contributed by atoms with Gasteiger partial charge in [0.15, 0.2) is 0 Å². The van der Waals surface area contributed by atoms with Gasteiger partial charge in [-0.15, -0.1) is 0 Å². The summed E-state index contributed by atoms with van der Waals surface area (Å²) in [6.07, 6.45) is 3.32. The molecular formula is C23H31FN2O2. The highest BCUT2D eigenvalue weighted by Gasteiger charge is 2.23. The molecule has 0 aromatic heterocycles. The summed E-state index contributed by atoms with van der Waals surface area (Å²) in [4.78, 5) is 14.6. The van der Waals surface area contributed by atoms with Crippen LogP contribution in [0.1, 0.15) is 44.7 Å². The predicted molar refractivity (Wildman–Crippen MR) is 112 cm³/mol. The van der Waals surface area contributed by atoms with Gasteiger partial charge < -0.3 is 15.0 Å². The van der Waals surface area contributed by atoms with Crippen molar-refractivity contribution in [1.82, 2.24) is 0 Å². The van der Waals surface area contributed by atoms with Crippen molar-refractivity contribution in [2.45, 2.75) is 53.6 Å². The molecule has 5 heteroatoms. The standard InChI is InChI=1S/C23H31FN2O2/c1-15-10-19(11-16(2)22(15)25-21(27)13-23(3,4)5)26-8-9-28-20-12-18(24)7-6-17(20)14-26/h6-7,10-11,18H,8-9,12-14H2,1-5H3,(H,25,27). The molecule has 1 atom stereocenters. The molecule has 0 saturated heterocycles. The smallest absolute Gasteiger partial charge is 0.224 e. The van der Waals surface area contributed by atoms with Crippen LogP contribution in [-0.2, 0) is 9.53 Å². The molecule has 1 aromatic rings. The van der Waals surface area contributed by atoms with Gasteiger partial charge >= 0.3 is 0 Å². The SMILES string of the molecule is Cc1cc(N2CCOC3=C(C=CC(F)C3)C2)cc(C)c1NC(=O)CC(C)(C)C. The van der Waals surface area contributed by atoms with Crippen molar-refractivity contribution in [2.24, 2.45) is 5.41 Å². The van der Waals surface area contributed by atoms with Crippen molar-refractivity contribution in [3.63, 3.8) is 0 Å². The van der Waals surface area contributed by atoms with Crippen molar-refractivity contribution in [3.8, 4) is 0 Å². The predicted octanol–water partition coefficient (Wildman–Crippen LogP) is 5.07. The molecule has 3 rings (SSSR count). The highest BCUT2D eigenvalue weighted by Crippen LogP contribution is 2.31. The largest absolute Gasteiger partial charge is 0.496 e. The van der Waals surface area contributed by atoms with Crippen LogP contribution in [-0.4, -0.2) is 31.8 Å². The third kappa shape index (κ3) is 4.94. The molecule has 1 unspecified atom stereocenters. The molecular weight excluding hydrogens is 355 g/mol. The van der Waals surface area contributed by atoms with Gasteiger partial charge in [0.2, 0.25) is 5.91 Å². The molecule has 0 fully saturated rings. The molecule has 1 heterocycles. The summed E-state index contributed by atoms with van der Waals surface area (Å²) in [6, 6.07) is 4.21. The Balaban J connectivity index is 1.79. The van der Waals surface area contributed by atoms with Crippen LogP contribution in [0.5, 0.6) is 0 Å². The maximum atomic E-state index is 13.6. The number of alkyl halides is 1. The lowest BCUT2D eigenvalue weighted by atomic mass is 9.92. The van der Waals surface area contributed by atoms with Crippen LogP contribution in [0.2, 0.25) is 0 Å². The lowest BCUT2D eigenvalue weighted by Gasteiger charge is -2.25. The molecule has 1 aromatic carbocycles. The first kappa shape index (κ1) is 20.4. The first-order valence-corrected chi connectivity index (χ1v) is 9.95. The van der Waals surface area contributed by atoms with Crippen molar-refractivity contribution in [2.75, 3.05) is 29.9 Å². The van der Waals surface area contributed by atoms with Gasteiger partial charge in [-0.05, 0) is 48.6 Å². The highest BCUT2D eigenvalue weighted by atomic mass is 19.1. The molecule has 0 radical (unpaired) electrons. The summed E-state index contributed by atoms with van der Waals surface area (Å²) < 4.78 is 19.4. The summed E-state index contributed by atoms with van der Waals surface area (Å²) >= 11 is 0. The number of allylic oxidation sites excluding steroid dienone is 2. The lowest BCUT2D eigenvalue weighted by molar-refractivity contribution is -0.117. The van der Waals surface area contributed by atoms with Crippen molar-refractivity contribution >= 4 is 17.3 Å². The third-order valence-electron chi connectivity index (χ3n) is 5.08. The number of aryl methyl sites for hydroxylation is 2. The summed E-state index contributed by atoms with van der Waals surface area (Å²) in [5.74, 6) is 0.814. The number of hydrogen-bond acceptors (Lipinski definition) is 3. The topological polar surface area (TPSA) is 41.6 Å². The van der Waals surface area contributed by atoms with Crippen LogP contribution in [0.25, 0.3) is 0 Å². The molecule has 1 aliphatic heterocycles. The van der Waals surface area contributed by atoms with Gasteiger partial charge in [0.25, 0.3) is 0 Å². The summed E-state index contributed by atoms with van der Waals surface area (Å²) in [6.45, 7) is 12.2. The zero-order valence-electron chi connectivity index (χ0n) is 17.6. The molecule has 1 aliphatic carbocycles. The van der Waals surface area contributed by atoms with Crippen LogP contribution in [0, 0.1) is 19.3 Å². The average Bonchev–Trinajstić information content (AvgIpc) is 2.78. The number of anilines is 2. The molecule has 0 spiro atoms. The quantitative estimate of drug-likeness (QED) is 0.789. The fourth-order valence-electron chi connectivity index (χ4n) is 3.75. The van der Waals surface area contributed by atoms with E-state index in [9.17, 15) is 9.18 Å². The Kier molecular flexibility index (Phi) is 5.82. The van der Waals surface area contributed by atoms with E-state index in [0.29, 0.717) is 26.0 Å². The van der Waals surface area contributed by atoms with Gasteiger partial charge in [-0.25, -0.2) is 4.39 Å². The van der Waals surface area contributed by atoms with Crippen LogP contribution in [0.3, 0.4) is 0 Å². The minimum Gasteiger partial charge on any atom is -0.496 e. The first-order valence-electron chi connectivity index (χ1n) is 9.95. The van der Waals surface area contributed by atoms with E-state index in [0.717, 1.165) is 40.4 Å². The Morgan fingerprint density at radius 3 is 2.61 bits per heavy atom. The molecule has 4 nitrogen and oxygen atoms in total. The minimum absolute atomic E-state index is 0.0394. The molecule has 28 heavy (non-hydrogen) atoms. The van der Waals surface area contributed by atoms with Crippen molar-refractivity contribution in [3.05, 3.63) is 46.7 Å². The number of carbonyl (C=O) groups excluding carboxylic acids is 1. The molecule has 0 bridgehead atoms. The number of hydrogen-bond donors (Lipinski definition) is 1. The van der Waals surface area contributed by atoms with E-state index < -0.39 is 6.17 Å². The van der Waals surface area contributed by atoms with Gasteiger partial charge in [0.05, 0.1) is 6.54 Å². The number of carbonyl (C=O) groups is 1. The number of benzene rings is 1. The van der Waals surface area contributed by atoms with Gasteiger partial charge in [-0.3, -0.25) is 4.79 Å². The van der Waals surface area contributed by atoms with E-state index in [-0.39, 0.29) is 11.3 Å². The van der Waals surface area contributed by atoms with Crippen molar-refractivity contribution in [1.29, 1.82) is 0 Å². The normalized spacial score (nSPS) is 19.8. The van der Waals surface area contributed by atoms with Crippen LogP contribution in [0.4, 0.5) is 15.8 Å². The molecule has 152 valence electrons. The minimum atomic E-state index is -0.953. The maximum absolute atomic E-state index is 13.6. The fourth-order valence-corrected chi connectivity index (χ4v) is 3.75. The fraction of sp³-hybridized carbons (Fsp3) is 0.522. The molecule has 0 saturated carbocycles. The summed E-state index contributed by atoms with van der Waals surface area (Å²) in [7, 11) is 0. The second-order valence-corrected chi connectivity index (χ2v) is 9.04. The van der Waals surface area contributed by atoms with Crippen LogP contribution in [0.15, 0.2) is 35.6 Å². The number of nitrogens with one attached hydrogen (secondary N) is 1. The maximum Gasteiger partial charge on any atom is 0.224 e. The van der Waals surface area contributed by atoms with Gasteiger partial charge in [-0.1, -0.05) is 26.8 Å². The monoisotopic (exact) mass is 386 g/mol. The Hall–Kier alpha value is -2.30. The van der Waals surface area contributed by atoms with Gasteiger partial charge in [-0.2, -0.15) is 0 Å². The Morgan fingerprint density at radius 1 is 1.29 bits per heavy atom. The Bertz CT molecular complexity index is 797. The van der Waals surface area contributed by atoms with Crippen LogP contribution >= 0.6 is 0 Å². The van der Waals surface area contributed by atoms with Gasteiger partial charge in [0.1, 0.15) is 18.5 Å². The molecule has 1 N–H and O–H groups in total. The molecule has 2 aliphatic rings. The third-order valence-corrected chi connectivity index (χ3v) is 5.08. The van der Waals surface area contributed by atoms with E-state index in [4.69, 9.17) is 4.74 Å². The number of halogens is 1. The Labute approximate surface area is 167 Å². The first-order chi connectivity index (χ1) is 13.1. The van der Waals surface area contributed by atoms with E-state index in [2.05, 4.69) is 43.1 Å². The second-order valence-electron chi connectivity index (χ2n) is 9.04. The number of rotatable bonds is 3. The summed E-state index contributed by atoms with van der Waals surface area (Å²) in [5.41, 5.74) is 5.07. The lowest BCUT2D eigenvalue weighted by Crippen LogP contribution is -2.27. The van der Waals surface area contributed by atoms with E-state index >= 15 is 0 Å². The van der Waals surface area contributed by atoms with Crippen molar-refractivity contribution < 1.29 is 13.9 Å². The van der Waals surface area contributed by atoms with E-state index in [1.165, 1.54) is 0 Å². The van der Waals surface area contributed by atoms with Gasteiger partial charge in [0, 0.05) is 36.3 Å². The zero-order chi connectivity index (χ0) is 20.5. The number of nitrogens with zero attached hydrogens (tertiary/aromatic N) is 1. The number of ether oxygens (including phenoxy) is 1. The van der Waals surface area contributed by atoms with Crippen LogP contribution < -0.4 is 10.2 Å². The Morgan fingerprint density at radius 2 is 1.96 bits per heavy atom. The van der Waals surface area contributed by atoms with E-state index in [1.54, 1.807) is 6.08 Å². The second kappa shape index (κ2) is 7.98. The summed E-state index contributed by atoms with van der Waals surface area (Å²) in [5, 5.41) is 3.08. The zero-order valence-corrected chi connectivity index (χ0v) is 17.6. The van der Waals surface area contributed by atoms with E-state index in [1.807, 2.05) is 19.9 Å². The number of amides is 1. The average molecular weight is 387 g/mol.